The van der Waals surface area contributed by atoms with Crippen LogP contribution in [0, 0.1) is 0 Å². The van der Waals surface area contributed by atoms with E-state index in [1.807, 2.05) is 6.92 Å². The molecule has 0 aliphatic heterocycles. The van der Waals surface area contributed by atoms with E-state index in [-0.39, 0.29) is 12.0 Å². The van der Waals surface area contributed by atoms with E-state index in [4.69, 9.17) is 4.74 Å². The molecule has 0 aromatic heterocycles. The number of hydrogen-bond donors (Lipinski definition) is 1. The van der Waals surface area contributed by atoms with Gasteiger partial charge in [-0.25, -0.2) is 0 Å². The van der Waals surface area contributed by atoms with E-state index in [1.165, 1.54) is 12.8 Å². The highest BCUT2D eigenvalue weighted by atomic mass is 16.5. The lowest BCUT2D eigenvalue weighted by Gasteiger charge is -2.12. The molecule has 1 aliphatic rings. The third kappa shape index (κ3) is 4.27. The first-order valence-corrected chi connectivity index (χ1v) is 5.16. The van der Waals surface area contributed by atoms with Gasteiger partial charge in [0, 0.05) is 6.04 Å². The molecule has 0 aromatic carbocycles. The Morgan fingerprint density at radius 2 is 2.31 bits per heavy atom. The third-order valence-electron chi connectivity index (χ3n) is 2.16. The quantitative estimate of drug-likeness (QED) is 0.503. The van der Waals surface area contributed by atoms with Crippen molar-refractivity contribution in [3.8, 4) is 0 Å². The van der Waals surface area contributed by atoms with Crippen LogP contribution in [-0.4, -0.2) is 24.7 Å². The average molecular weight is 185 g/mol. The van der Waals surface area contributed by atoms with Gasteiger partial charge in [-0.15, -0.1) is 0 Å². The van der Waals surface area contributed by atoms with Gasteiger partial charge < -0.3 is 10.1 Å². The van der Waals surface area contributed by atoms with Gasteiger partial charge in [0.15, 0.2) is 0 Å². The normalized spacial score (nSPS) is 18.3. The van der Waals surface area contributed by atoms with Gasteiger partial charge in [0.1, 0.15) is 6.04 Å². The summed E-state index contributed by atoms with van der Waals surface area (Å²) in [5.41, 5.74) is 0. The Labute approximate surface area is 79.8 Å². The number of carbonyl (C=O) groups is 1. The predicted molar refractivity (Wildman–Crippen MR) is 51.5 cm³/mol. The predicted octanol–water partition coefficient (Wildman–Crippen LogP) is 1.47. The second-order valence-corrected chi connectivity index (χ2v) is 3.68. The summed E-state index contributed by atoms with van der Waals surface area (Å²) in [6, 6.07) is 0.429. The van der Waals surface area contributed by atoms with Crippen molar-refractivity contribution in [1.82, 2.24) is 5.32 Å². The number of unbranched alkanes of at least 4 members (excludes halogenated alkanes) is 1. The minimum Gasteiger partial charge on any atom is -0.465 e. The molecule has 0 aromatic rings. The number of ether oxygens (including phenoxy) is 1. The van der Waals surface area contributed by atoms with Crippen LogP contribution in [0.15, 0.2) is 0 Å². The highest BCUT2D eigenvalue weighted by molar-refractivity contribution is 5.75. The van der Waals surface area contributed by atoms with Gasteiger partial charge in [0.25, 0.3) is 0 Å². The lowest BCUT2D eigenvalue weighted by atomic mass is 10.3. The first-order chi connectivity index (χ1) is 6.24. The standard InChI is InChI=1S/C10H19NO2/c1-3-4-7-13-10(12)8(2)11-9-5-6-9/h8-9,11H,3-7H2,1-2H3. The van der Waals surface area contributed by atoms with Gasteiger partial charge in [-0.2, -0.15) is 0 Å². The topological polar surface area (TPSA) is 38.3 Å². The van der Waals surface area contributed by atoms with Crippen LogP contribution in [0.3, 0.4) is 0 Å². The highest BCUT2D eigenvalue weighted by Crippen LogP contribution is 2.19. The second-order valence-electron chi connectivity index (χ2n) is 3.68. The van der Waals surface area contributed by atoms with Crippen LogP contribution in [0.5, 0.6) is 0 Å². The zero-order valence-electron chi connectivity index (χ0n) is 8.51. The molecule has 0 heterocycles. The van der Waals surface area contributed by atoms with Crippen LogP contribution in [0.25, 0.3) is 0 Å². The molecule has 3 heteroatoms. The lowest BCUT2D eigenvalue weighted by molar-refractivity contribution is -0.145. The lowest BCUT2D eigenvalue weighted by Crippen LogP contribution is -2.36. The van der Waals surface area contributed by atoms with Gasteiger partial charge in [0.2, 0.25) is 0 Å². The molecule has 0 saturated heterocycles. The SMILES string of the molecule is CCCCOC(=O)C(C)NC1CC1. The summed E-state index contributed by atoms with van der Waals surface area (Å²) in [7, 11) is 0. The first-order valence-electron chi connectivity index (χ1n) is 5.16. The van der Waals surface area contributed by atoms with Gasteiger partial charge in [-0.1, -0.05) is 13.3 Å². The van der Waals surface area contributed by atoms with E-state index in [2.05, 4.69) is 12.2 Å². The van der Waals surface area contributed by atoms with Crippen LogP contribution in [0.1, 0.15) is 39.5 Å². The van der Waals surface area contributed by atoms with Crippen LogP contribution in [0.2, 0.25) is 0 Å². The van der Waals surface area contributed by atoms with Crippen molar-refractivity contribution in [2.45, 2.75) is 51.6 Å². The number of rotatable bonds is 6. The summed E-state index contributed by atoms with van der Waals surface area (Å²) in [6.45, 7) is 4.51. The van der Waals surface area contributed by atoms with Crippen molar-refractivity contribution in [1.29, 1.82) is 0 Å². The van der Waals surface area contributed by atoms with Crippen LogP contribution >= 0.6 is 0 Å². The maximum atomic E-state index is 11.3. The van der Waals surface area contributed by atoms with Crippen molar-refractivity contribution in [2.75, 3.05) is 6.61 Å². The molecule has 0 bridgehead atoms. The van der Waals surface area contributed by atoms with Crippen molar-refractivity contribution >= 4 is 5.97 Å². The smallest absolute Gasteiger partial charge is 0.322 e. The van der Waals surface area contributed by atoms with Crippen LogP contribution in [-0.2, 0) is 9.53 Å². The largest absolute Gasteiger partial charge is 0.465 e. The number of nitrogens with one attached hydrogen (secondary N) is 1. The first kappa shape index (κ1) is 10.5. The van der Waals surface area contributed by atoms with E-state index < -0.39 is 0 Å². The van der Waals surface area contributed by atoms with Crippen LogP contribution < -0.4 is 5.32 Å². The molecular formula is C10H19NO2. The zero-order chi connectivity index (χ0) is 9.68. The maximum Gasteiger partial charge on any atom is 0.322 e. The van der Waals surface area contributed by atoms with Crippen molar-refractivity contribution in [2.24, 2.45) is 0 Å². The number of hydrogen-bond acceptors (Lipinski definition) is 3. The van der Waals surface area contributed by atoms with Gasteiger partial charge in [-0.05, 0) is 26.2 Å². The molecule has 76 valence electrons. The van der Waals surface area contributed by atoms with E-state index in [9.17, 15) is 4.79 Å². The van der Waals surface area contributed by atoms with Gasteiger partial charge >= 0.3 is 5.97 Å². The molecule has 1 rings (SSSR count). The van der Waals surface area contributed by atoms with E-state index in [0.717, 1.165) is 12.8 Å². The summed E-state index contributed by atoms with van der Waals surface area (Å²) in [4.78, 5) is 11.3. The minimum absolute atomic E-state index is 0.111. The second kappa shape index (κ2) is 5.22. The third-order valence-corrected chi connectivity index (χ3v) is 2.16. The molecule has 0 spiro atoms. The van der Waals surface area contributed by atoms with E-state index >= 15 is 0 Å². The van der Waals surface area contributed by atoms with Gasteiger partial charge in [-0.3, -0.25) is 4.79 Å². The average Bonchev–Trinajstić information content (AvgIpc) is 2.88. The van der Waals surface area contributed by atoms with Crippen molar-refractivity contribution in [3.63, 3.8) is 0 Å². The molecule has 0 amide bonds. The van der Waals surface area contributed by atoms with E-state index in [0.29, 0.717) is 12.6 Å². The monoisotopic (exact) mass is 185 g/mol. The number of carbonyl (C=O) groups excluding carboxylic acids is 1. The molecule has 1 aliphatic carbocycles. The van der Waals surface area contributed by atoms with Gasteiger partial charge in [0.05, 0.1) is 6.61 Å². The summed E-state index contributed by atoms with van der Waals surface area (Å²) < 4.78 is 5.07. The minimum atomic E-state index is -0.135. The fourth-order valence-corrected chi connectivity index (χ4v) is 1.11. The Morgan fingerprint density at radius 1 is 1.62 bits per heavy atom. The Kier molecular flexibility index (Phi) is 4.22. The molecule has 1 unspecified atom stereocenters. The molecule has 1 N–H and O–H groups in total. The van der Waals surface area contributed by atoms with Crippen molar-refractivity contribution in [3.05, 3.63) is 0 Å². The molecular weight excluding hydrogens is 166 g/mol. The molecule has 3 nitrogen and oxygen atoms in total. The molecule has 1 fully saturated rings. The highest BCUT2D eigenvalue weighted by Gasteiger charge is 2.26. The molecule has 13 heavy (non-hydrogen) atoms. The Hall–Kier alpha value is -0.570. The maximum absolute atomic E-state index is 11.3. The summed E-state index contributed by atoms with van der Waals surface area (Å²) in [5, 5.41) is 3.21. The van der Waals surface area contributed by atoms with Crippen molar-refractivity contribution < 1.29 is 9.53 Å². The molecule has 1 saturated carbocycles. The fraction of sp³-hybridized carbons (Fsp3) is 0.900. The summed E-state index contributed by atoms with van der Waals surface area (Å²) >= 11 is 0. The zero-order valence-corrected chi connectivity index (χ0v) is 8.51. The molecule has 0 radical (unpaired) electrons. The van der Waals surface area contributed by atoms with E-state index in [1.54, 1.807) is 0 Å². The summed E-state index contributed by atoms with van der Waals surface area (Å²) in [5.74, 6) is -0.111. The molecule has 1 atom stereocenters. The Bertz CT molecular complexity index is 166. The summed E-state index contributed by atoms with van der Waals surface area (Å²) in [6.07, 6.45) is 4.43. The fourth-order valence-electron chi connectivity index (χ4n) is 1.11. The Morgan fingerprint density at radius 3 is 2.85 bits per heavy atom. The number of esters is 1. The van der Waals surface area contributed by atoms with Crippen LogP contribution in [0.4, 0.5) is 0 Å². The Balaban J connectivity index is 2.05.